The first-order chi connectivity index (χ1) is 9.13. The maximum absolute atomic E-state index is 11.5. The molecule has 19 heavy (non-hydrogen) atoms. The molecule has 0 saturated heterocycles. The van der Waals surface area contributed by atoms with Crippen LogP contribution in [0.25, 0.3) is 11.0 Å². The molecule has 0 spiro atoms. The summed E-state index contributed by atoms with van der Waals surface area (Å²) in [5, 5.41) is 30.2. The van der Waals surface area contributed by atoms with Crippen LogP contribution in [0.2, 0.25) is 0 Å². The van der Waals surface area contributed by atoms with Gasteiger partial charge in [-0.25, -0.2) is 4.98 Å². The molecule has 2 heterocycles. The minimum atomic E-state index is -1.17. The van der Waals surface area contributed by atoms with Crippen LogP contribution < -0.4 is 10.9 Å². The summed E-state index contributed by atoms with van der Waals surface area (Å²) >= 11 is 0. The average molecular weight is 268 g/mol. The van der Waals surface area contributed by atoms with Crippen molar-refractivity contribution in [2.45, 2.75) is 18.8 Å². The third kappa shape index (κ3) is 2.99. The van der Waals surface area contributed by atoms with Crippen molar-refractivity contribution in [1.29, 1.82) is 0 Å². The summed E-state index contributed by atoms with van der Waals surface area (Å²) in [7, 11) is 0. The van der Waals surface area contributed by atoms with Crippen molar-refractivity contribution in [3.63, 3.8) is 0 Å². The quantitative estimate of drug-likeness (QED) is 0.361. The van der Waals surface area contributed by atoms with Gasteiger partial charge >= 0.3 is 0 Å². The van der Waals surface area contributed by atoms with Crippen molar-refractivity contribution in [3.05, 3.63) is 28.4 Å². The number of hydrogen-bond acceptors (Lipinski definition) is 6. The SMILES string of the molecule is O=c1[nH]cnc2c(CNC[C@@H](O)[C@@H](O)CO)c[nH]c12. The van der Waals surface area contributed by atoms with Crippen LogP contribution in [-0.2, 0) is 6.54 Å². The standard InChI is InChI=1S/C11H16N4O4/c16-4-8(18)7(17)3-12-1-6-2-13-10-9(6)14-5-15-11(10)19/h2,5,7-8,12-13,16-18H,1,3-4H2,(H,14,15,19)/t7-,8+/m1/s1. The van der Waals surface area contributed by atoms with Crippen LogP contribution in [0, 0.1) is 0 Å². The van der Waals surface area contributed by atoms with Gasteiger partial charge in [0.15, 0.2) is 0 Å². The van der Waals surface area contributed by atoms with Crippen LogP contribution in [-0.4, -0.2) is 55.6 Å². The van der Waals surface area contributed by atoms with E-state index in [2.05, 4.69) is 20.3 Å². The number of hydrogen-bond donors (Lipinski definition) is 6. The molecular formula is C11H16N4O4. The first kappa shape index (κ1) is 13.7. The van der Waals surface area contributed by atoms with Crippen molar-refractivity contribution in [2.75, 3.05) is 13.2 Å². The summed E-state index contributed by atoms with van der Waals surface area (Å²) in [6.07, 6.45) is 0.768. The van der Waals surface area contributed by atoms with E-state index in [0.717, 1.165) is 5.56 Å². The van der Waals surface area contributed by atoms with Gasteiger partial charge in [0, 0.05) is 24.8 Å². The normalized spacial score (nSPS) is 14.7. The number of nitrogens with zero attached hydrogens (tertiary/aromatic N) is 1. The van der Waals surface area contributed by atoms with Gasteiger partial charge in [0.2, 0.25) is 0 Å². The Morgan fingerprint density at radius 3 is 2.84 bits per heavy atom. The molecule has 0 aliphatic heterocycles. The van der Waals surface area contributed by atoms with E-state index in [4.69, 9.17) is 5.11 Å². The van der Waals surface area contributed by atoms with E-state index in [0.29, 0.717) is 17.6 Å². The van der Waals surface area contributed by atoms with Crippen LogP contribution in [0.1, 0.15) is 5.56 Å². The van der Waals surface area contributed by atoms with Crippen LogP contribution in [0.5, 0.6) is 0 Å². The van der Waals surface area contributed by atoms with E-state index in [1.165, 1.54) is 6.33 Å². The van der Waals surface area contributed by atoms with Crippen molar-refractivity contribution >= 4 is 11.0 Å². The lowest BCUT2D eigenvalue weighted by atomic mass is 10.2. The Labute approximate surface area is 108 Å². The van der Waals surface area contributed by atoms with Gasteiger partial charge in [-0.1, -0.05) is 0 Å². The largest absolute Gasteiger partial charge is 0.394 e. The number of aromatic nitrogens is 3. The molecule has 2 atom stereocenters. The highest BCUT2D eigenvalue weighted by atomic mass is 16.4. The molecule has 0 saturated carbocycles. The lowest BCUT2D eigenvalue weighted by molar-refractivity contribution is -0.0129. The Hall–Kier alpha value is -1.74. The maximum Gasteiger partial charge on any atom is 0.275 e. The summed E-state index contributed by atoms with van der Waals surface area (Å²) in [6, 6.07) is 0. The Balaban J connectivity index is 1.99. The Kier molecular flexibility index (Phi) is 4.27. The number of H-pyrrole nitrogens is 2. The number of nitrogens with one attached hydrogen (secondary N) is 3. The van der Waals surface area contributed by atoms with Crippen LogP contribution in [0.4, 0.5) is 0 Å². The zero-order chi connectivity index (χ0) is 13.8. The van der Waals surface area contributed by atoms with Crippen molar-refractivity contribution in [1.82, 2.24) is 20.3 Å². The van der Waals surface area contributed by atoms with Crippen molar-refractivity contribution in [2.24, 2.45) is 0 Å². The highest BCUT2D eigenvalue weighted by Gasteiger charge is 2.15. The summed E-state index contributed by atoms with van der Waals surface area (Å²) in [4.78, 5) is 20.8. The highest BCUT2D eigenvalue weighted by molar-refractivity contribution is 5.77. The number of rotatable bonds is 6. The molecule has 0 amide bonds. The summed E-state index contributed by atoms with van der Waals surface area (Å²) < 4.78 is 0. The highest BCUT2D eigenvalue weighted by Crippen LogP contribution is 2.10. The third-order valence-electron chi connectivity index (χ3n) is 2.85. The molecule has 6 N–H and O–H groups in total. The van der Waals surface area contributed by atoms with Gasteiger partial charge in [-0.15, -0.1) is 0 Å². The Morgan fingerprint density at radius 2 is 2.11 bits per heavy atom. The smallest absolute Gasteiger partial charge is 0.275 e. The minimum Gasteiger partial charge on any atom is -0.394 e. The molecule has 2 rings (SSSR count). The molecule has 2 aromatic heterocycles. The topological polar surface area (TPSA) is 134 Å². The van der Waals surface area contributed by atoms with E-state index >= 15 is 0 Å². The van der Waals surface area contributed by atoms with Crippen LogP contribution >= 0.6 is 0 Å². The number of aliphatic hydroxyl groups is 3. The molecule has 2 aromatic rings. The van der Waals surface area contributed by atoms with E-state index in [1.807, 2.05) is 0 Å². The fourth-order valence-corrected chi connectivity index (χ4v) is 1.75. The molecule has 0 aromatic carbocycles. The second kappa shape index (κ2) is 5.93. The lowest BCUT2D eigenvalue weighted by Gasteiger charge is -2.15. The van der Waals surface area contributed by atoms with E-state index in [9.17, 15) is 15.0 Å². The average Bonchev–Trinajstić information content (AvgIpc) is 2.82. The minimum absolute atomic E-state index is 0.123. The van der Waals surface area contributed by atoms with Crippen LogP contribution in [0.15, 0.2) is 17.3 Å². The predicted molar refractivity (Wildman–Crippen MR) is 67.5 cm³/mol. The molecule has 8 nitrogen and oxygen atoms in total. The predicted octanol–water partition coefficient (Wildman–Crippen LogP) is -1.95. The van der Waals surface area contributed by atoms with E-state index in [1.54, 1.807) is 6.20 Å². The lowest BCUT2D eigenvalue weighted by Crippen LogP contribution is -2.38. The van der Waals surface area contributed by atoms with Gasteiger partial charge in [0.1, 0.15) is 11.6 Å². The summed E-state index contributed by atoms with van der Waals surface area (Å²) in [5.41, 5.74) is 1.50. The molecule has 0 unspecified atom stereocenters. The van der Waals surface area contributed by atoms with Gasteiger partial charge < -0.3 is 30.6 Å². The molecular weight excluding hydrogens is 252 g/mol. The molecule has 0 fully saturated rings. The first-order valence-electron chi connectivity index (χ1n) is 5.85. The Morgan fingerprint density at radius 1 is 1.32 bits per heavy atom. The molecule has 104 valence electrons. The molecule has 0 aliphatic carbocycles. The molecule has 8 heteroatoms. The van der Waals surface area contributed by atoms with Crippen molar-refractivity contribution in [3.8, 4) is 0 Å². The van der Waals surface area contributed by atoms with Gasteiger partial charge in [-0.05, 0) is 0 Å². The number of fused-ring (bicyclic) bond motifs is 1. The molecule has 0 radical (unpaired) electrons. The Bertz CT molecular complexity index is 594. The second-order valence-electron chi connectivity index (χ2n) is 4.22. The fourth-order valence-electron chi connectivity index (χ4n) is 1.75. The second-order valence-corrected chi connectivity index (χ2v) is 4.22. The molecule has 0 bridgehead atoms. The number of aliphatic hydroxyl groups excluding tert-OH is 3. The maximum atomic E-state index is 11.5. The monoisotopic (exact) mass is 268 g/mol. The summed E-state index contributed by atoms with van der Waals surface area (Å²) in [5.74, 6) is 0. The van der Waals surface area contributed by atoms with E-state index < -0.39 is 18.8 Å². The molecule has 0 aliphatic rings. The van der Waals surface area contributed by atoms with Gasteiger partial charge in [-0.2, -0.15) is 0 Å². The van der Waals surface area contributed by atoms with Gasteiger partial charge in [0.25, 0.3) is 5.56 Å². The zero-order valence-corrected chi connectivity index (χ0v) is 10.1. The van der Waals surface area contributed by atoms with Crippen molar-refractivity contribution < 1.29 is 15.3 Å². The number of aromatic amines is 2. The van der Waals surface area contributed by atoms with E-state index in [-0.39, 0.29) is 12.1 Å². The van der Waals surface area contributed by atoms with Gasteiger partial charge in [-0.3, -0.25) is 4.79 Å². The first-order valence-corrected chi connectivity index (χ1v) is 5.85. The van der Waals surface area contributed by atoms with Gasteiger partial charge in [0.05, 0.1) is 24.6 Å². The zero-order valence-electron chi connectivity index (χ0n) is 10.1. The third-order valence-corrected chi connectivity index (χ3v) is 2.85. The summed E-state index contributed by atoms with van der Waals surface area (Å²) in [6.45, 7) is 0.0100. The van der Waals surface area contributed by atoms with Crippen LogP contribution in [0.3, 0.4) is 0 Å². The fraction of sp³-hybridized carbons (Fsp3) is 0.455.